The Morgan fingerprint density at radius 2 is 1.79 bits per heavy atom. The number of hydrogen-bond donors (Lipinski definition) is 2. The van der Waals surface area contributed by atoms with E-state index in [1.54, 1.807) is 12.1 Å². The molecule has 0 radical (unpaired) electrons. The summed E-state index contributed by atoms with van der Waals surface area (Å²) in [5.41, 5.74) is 10.1. The number of urea groups is 1. The topological polar surface area (TPSA) is 111 Å². The van der Waals surface area contributed by atoms with E-state index < -0.39 is 11.0 Å². The smallest absolute Gasteiger partial charge is 0.332 e. The van der Waals surface area contributed by atoms with Crippen molar-refractivity contribution >= 4 is 17.4 Å². The number of hydrazone groups is 1. The molecule has 2 rings (SSSR count). The van der Waals surface area contributed by atoms with Gasteiger partial charge in [0.25, 0.3) is 5.69 Å². The SMILES string of the molecule is NC(=O)N/N=C(/CCCc1ccc([N+](=O)[O-])cc1)c1ccccc1. The van der Waals surface area contributed by atoms with Gasteiger partial charge in [-0.15, -0.1) is 0 Å². The minimum absolute atomic E-state index is 0.0796. The van der Waals surface area contributed by atoms with Gasteiger partial charge in [0.1, 0.15) is 0 Å². The molecule has 0 fully saturated rings. The van der Waals surface area contributed by atoms with Crippen LogP contribution in [0.4, 0.5) is 10.5 Å². The second kappa shape index (κ2) is 8.42. The van der Waals surface area contributed by atoms with Gasteiger partial charge in [-0.3, -0.25) is 10.1 Å². The molecule has 0 heterocycles. The minimum Gasteiger partial charge on any atom is -0.350 e. The van der Waals surface area contributed by atoms with Gasteiger partial charge in [-0.2, -0.15) is 5.10 Å². The highest BCUT2D eigenvalue weighted by Crippen LogP contribution is 2.15. The molecular weight excluding hydrogens is 308 g/mol. The molecule has 0 aliphatic rings. The van der Waals surface area contributed by atoms with Crippen molar-refractivity contribution in [1.82, 2.24) is 5.43 Å². The van der Waals surface area contributed by atoms with Crippen LogP contribution in [0.2, 0.25) is 0 Å². The third-order valence-electron chi connectivity index (χ3n) is 3.43. The highest BCUT2D eigenvalue weighted by Gasteiger charge is 2.06. The molecular formula is C17H18N4O3. The Labute approximate surface area is 139 Å². The Balaban J connectivity index is 1.99. The lowest BCUT2D eigenvalue weighted by atomic mass is 10.0. The third kappa shape index (κ3) is 5.20. The minimum atomic E-state index is -0.709. The lowest BCUT2D eigenvalue weighted by Gasteiger charge is -2.07. The molecule has 0 bridgehead atoms. The summed E-state index contributed by atoms with van der Waals surface area (Å²) in [5, 5.41) is 14.7. The maximum absolute atomic E-state index is 10.9. The number of non-ortho nitro benzene ring substituents is 1. The molecule has 7 nitrogen and oxygen atoms in total. The third-order valence-corrected chi connectivity index (χ3v) is 3.43. The number of nitro groups is 1. The summed E-state index contributed by atoms with van der Waals surface area (Å²) in [4.78, 5) is 21.1. The number of rotatable bonds is 7. The number of benzene rings is 2. The average Bonchev–Trinajstić information content (AvgIpc) is 2.59. The van der Waals surface area contributed by atoms with Crippen LogP contribution in [-0.2, 0) is 6.42 Å². The van der Waals surface area contributed by atoms with Crippen LogP contribution >= 0.6 is 0 Å². The van der Waals surface area contributed by atoms with Crippen molar-refractivity contribution in [1.29, 1.82) is 0 Å². The van der Waals surface area contributed by atoms with E-state index in [4.69, 9.17) is 5.73 Å². The van der Waals surface area contributed by atoms with E-state index >= 15 is 0 Å². The molecule has 3 N–H and O–H groups in total. The monoisotopic (exact) mass is 326 g/mol. The summed E-state index contributed by atoms with van der Waals surface area (Å²) in [6.07, 6.45) is 2.17. The summed E-state index contributed by atoms with van der Waals surface area (Å²) < 4.78 is 0. The Kier molecular flexibility index (Phi) is 6.01. The van der Waals surface area contributed by atoms with E-state index in [0.29, 0.717) is 6.42 Å². The molecule has 24 heavy (non-hydrogen) atoms. The molecule has 124 valence electrons. The predicted molar refractivity (Wildman–Crippen MR) is 91.7 cm³/mol. The summed E-state index contributed by atoms with van der Waals surface area (Å²) in [6.45, 7) is 0. The Morgan fingerprint density at radius 1 is 1.12 bits per heavy atom. The molecule has 0 aliphatic heterocycles. The summed E-state index contributed by atoms with van der Waals surface area (Å²) >= 11 is 0. The molecule has 7 heteroatoms. The van der Waals surface area contributed by atoms with Gasteiger partial charge in [0.2, 0.25) is 0 Å². The van der Waals surface area contributed by atoms with E-state index in [1.165, 1.54) is 12.1 Å². The molecule has 0 atom stereocenters. The van der Waals surface area contributed by atoms with Gasteiger partial charge in [-0.1, -0.05) is 42.5 Å². The number of nitrogens with two attached hydrogens (primary N) is 1. The largest absolute Gasteiger partial charge is 0.350 e. The van der Waals surface area contributed by atoms with Crippen LogP contribution in [0.15, 0.2) is 59.7 Å². The fraction of sp³-hybridized carbons (Fsp3) is 0.176. The normalized spacial score (nSPS) is 11.1. The molecule has 0 saturated heterocycles. The number of aryl methyl sites for hydroxylation is 1. The second-order valence-electron chi connectivity index (χ2n) is 5.18. The Hall–Kier alpha value is -3.22. The quantitative estimate of drug-likeness (QED) is 0.463. The van der Waals surface area contributed by atoms with E-state index in [9.17, 15) is 14.9 Å². The van der Waals surface area contributed by atoms with Gasteiger partial charge in [-0.25, -0.2) is 10.2 Å². The highest BCUT2D eigenvalue weighted by atomic mass is 16.6. The lowest BCUT2D eigenvalue weighted by molar-refractivity contribution is -0.384. The molecule has 0 spiro atoms. The molecule has 0 unspecified atom stereocenters. The number of amides is 2. The Morgan fingerprint density at radius 3 is 2.38 bits per heavy atom. The van der Waals surface area contributed by atoms with Crippen molar-refractivity contribution in [2.75, 3.05) is 0 Å². The fourth-order valence-corrected chi connectivity index (χ4v) is 2.26. The number of nitrogens with zero attached hydrogens (tertiary/aromatic N) is 2. The van der Waals surface area contributed by atoms with Crippen LogP contribution in [0.1, 0.15) is 24.0 Å². The van der Waals surface area contributed by atoms with E-state index in [1.807, 2.05) is 30.3 Å². The predicted octanol–water partition coefficient (Wildman–Crippen LogP) is 2.99. The van der Waals surface area contributed by atoms with E-state index in [2.05, 4.69) is 10.5 Å². The zero-order valence-electron chi connectivity index (χ0n) is 13.0. The van der Waals surface area contributed by atoms with Crippen LogP contribution < -0.4 is 11.2 Å². The van der Waals surface area contributed by atoms with Crippen molar-refractivity contribution in [3.63, 3.8) is 0 Å². The molecule has 0 aliphatic carbocycles. The van der Waals surface area contributed by atoms with Crippen LogP contribution in [0.5, 0.6) is 0 Å². The number of nitro benzene ring substituents is 1. The number of carbonyl (C=O) groups is 1. The van der Waals surface area contributed by atoms with Gasteiger partial charge in [0.05, 0.1) is 10.6 Å². The van der Waals surface area contributed by atoms with Gasteiger partial charge in [-0.05, 0) is 30.4 Å². The van der Waals surface area contributed by atoms with Crippen LogP contribution in [0, 0.1) is 10.1 Å². The number of primary amides is 1. The number of carbonyl (C=O) groups excluding carboxylic acids is 1. The molecule has 0 saturated carbocycles. The summed E-state index contributed by atoms with van der Waals surface area (Å²) in [6, 6.07) is 15.3. The number of hydrogen-bond acceptors (Lipinski definition) is 4. The van der Waals surface area contributed by atoms with Gasteiger partial charge in [0, 0.05) is 12.1 Å². The van der Waals surface area contributed by atoms with E-state index in [-0.39, 0.29) is 5.69 Å². The van der Waals surface area contributed by atoms with Crippen LogP contribution in [0.3, 0.4) is 0 Å². The summed E-state index contributed by atoms with van der Waals surface area (Å²) in [5.74, 6) is 0. The summed E-state index contributed by atoms with van der Waals surface area (Å²) in [7, 11) is 0. The number of nitrogens with one attached hydrogen (secondary N) is 1. The van der Waals surface area contributed by atoms with E-state index in [0.717, 1.165) is 29.7 Å². The first kappa shape index (κ1) is 17.1. The highest BCUT2D eigenvalue weighted by molar-refractivity contribution is 6.00. The fourth-order valence-electron chi connectivity index (χ4n) is 2.26. The first-order valence-electron chi connectivity index (χ1n) is 7.47. The van der Waals surface area contributed by atoms with Crippen molar-refractivity contribution in [2.45, 2.75) is 19.3 Å². The molecule has 2 aromatic rings. The molecule has 0 aromatic heterocycles. The second-order valence-corrected chi connectivity index (χ2v) is 5.18. The maximum Gasteiger partial charge on any atom is 0.332 e. The van der Waals surface area contributed by atoms with Crippen LogP contribution in [0.25, 0.3) is 0 Å². The molecule has 2 aromatic carbocycles. The zero-order valence-corrected chi connectivity index (χ0v) is 13.0. The zero-order chi connectivity index (χ0) is 17.4. The first-order chi connectivity index (χ1) is 11.6. The average molecular weight is 326 g/mol. The standard InChI is InChI=1S/C17H18N4O3/c18-17(22)20-19-16(14-6-2-1-3-7-14)8-4-5-13-9-11-15(12-10-13)21(23)24/h1-3,6-7,9-12H,4-5,8H2,(H3,18,20,22)/b19-16-. The van der Waals surface area contributed by atoms with Gasteiger partial charge < -0.3 is 5.73 Å². The lowest BCUT2D eigenvalue weighted by Crippen LogP contribution is -2.26. The van der Waals surface area contributed by atoms with Gasteiger partial charge >= 0.3 is 6.03 Å². The maximum atomic E-state index is 10.9. The van der Waals surface area contributed by atoms with Crippen molar-refractivity contribution in [3.05, 3.63) is 75.8 Å². The van der Waals surface area contributed by atoms with Crippen molar-refractivity contribution < 1.29 is 9.72 Å². The van der Waals surface area contributed by atoms with Crippen molar-refractivity contribution in [2.24, 2.45) is 10.8 Å². The van der Waals surface area contributed by atoms with Crippen LogP contribution in [-0.4, -0.2) is 16.7 Å². The Bertz CT molecular complexity index is 727. The van der Waals surface area contributed by atoms with Gasteiger partial charge in [0.15, 0.2) is 0 Å². The molecule has 2 amide bonds. The first-order valence-corrected chi connectivity index (χ1v) is 7.47. The van der Waals surface area contributed by atoms with Crippen molar-refractivity contribution in [3.8, 4) is 0 Å².